The van der Waals surface area contributed by atoms with Gasteiger partial charge in [-0.1, -0.05) is 0 Å². The predicted molar refractivity (Wildman–Crippen MR) is 81.6 cm³/mol. The van der Waals surface area contributed by atoms with Gasteiger partial charge in [-0.15, -0.1) is 0 Å². The minimum atomic E-state index is -4.99. The molecular weight excluding hydrogens is 396 g/mol. The van der Waals surface area contributed by atoms with Gasteiger partial charge in [0.1, 0.15) is 0 Å². The van der Waals surface area contributed by atoms with Gasteiger partial charge < -0.3 is 4.74 Å². The Morgan fingerprint density at radius 1 is 1.07 bits per heavy atom. The van der Waals surface area contributed by atoms with E-state index in [1.807, 2.05) is 0 Å². The minimum Gasteiger partial charge on any atom is -0.454 e. The number of aromatic nitrogens is 5. The first-order chi connectivity index (χ1) is 13.0. The summed E-state index contributed by atoms with van der Waals surface area (Å²) in [4.78, 5) is 22.9. The third-order valence-corrected chi connectivity index (χ3v) is 3.37. The molecular formula is C15H9F6N5O2. The van der Waals surface area contributed by atoms with Crippen LogP contribution in [0.4, 0.5) is 26.3 Å². The number of fused-ring (bicyclic) bond motifs is 1. The minimum absolute atomic E-state index is 0.322. The highest BCUT2D eigenvalue weighted by Crippen LogP contribution is 2.33. The lowest BCUT2D eigenvalue weighted by molar-refractivity contribution is -0.154. The van der Waals surface area contributed by atoms with Crippen molar-refractivity contribution < 1.29 is 31.1 Å². The Hall–Kier alpha value is -3.25. The number of ether oxygens (including phenoxy) is 1. The summed E-state index contributed by atoms with van der Waals surface area (Å²) in [5.41, 5.74) is -3.87. The summed E-state index contributed by atoms with van der Waals surface area (Å²) in [7, 11) is 0. The zero-order valence-corrected chi connectivity index (χ0v) is 13.8. The van der Waals surface area contributed by atoms with E-state index in [0.29, 0.717) is 10.2 Å². The Labute approximate surface area is 151 Å². The summed E-state index contributed by atoms with van der Waals surface area (Å²) in [5.74, 6) is 0. The summed E-state index contributed by atoms with van der Waals surface area (Å²) in [6.07, 6.45) is -8.14. The molecule has 0 spiro atoms. The predicted octanol–water partition coefficient (Wildman–Crippen LogP) is 2.81. The van der Waals surface area contributed by atoms with Crippen LogP contribution < -0.4 is 10.3 Å². The molecule has 0 fully saturated rings. The molecule has 3 rings (SSSR count). The highest BCUT2D eigenvalue weighted by atomic mass is 19.4. The molecule has 7 nitrogen and oxygen atoms in total. The van der Waals surface area contributed by atoms with Gasteiger partial charge in [0.25, 0.3) is 5.56 Å². The second-order valence-electron chi connectivity index (χ2n) is 5.54. The fourth-order valence-corrected chi connectivity index (χ4v) is 2.25. The van der Waals surface area contributed by atoms with Crippen LogP contribution in [0.25, 0.3) is 16.8 Å². The number of hydrogen-bond acceptors (Lipinski definition) is 6. The number of halogens is 6. The maximum atomic E-state index is 13.4. The van der Waals surface area contributed by atoms with Crippen LogP contribution in [0.3, 0.4) is 0 Å². The number of aryl methyl sites for hydroxylation is 1. The van der Waals surface area contributed by atoms with E-state index in [-0.39, 0.29) is 5.65 Å². The molecule has 3 aromatic rings. The number of nitrogens with zero attached hydrogens (tertiary/aromatic N) is 5. The normalized spacial score (nSPS) is 12.4. The van der Waals surface area contributed by atoms with Crippen molar-refractivity contribution in [3.05, 3.63) is 46.3 Å². The Morgan fingerprint density at radius 3 is 2.29 bits per heavy atom. The monoisotopic (exact) mass is 405 g/mol. The largest absolute Gasteiger partial charge is 0.454 e. The highest BCUT2D eigenvalue weighted by Gasteiger charge is 2.38. The molecule has 3 heterocycles. The molecule has 0 aliphatic carbocycles. The van der Waals surface area contributed by atoms with Crippen molar-refractivity contribution in [2.24, 2.45) is 0 Å². The van der Waals surface area contributed by atoms with Gasteiger partial charge in [0.2, 0.25) is 0 Å². The molecule has 0 amide bonds. The molecule has 0 saturated carbocycles. The molecule has 13 heteroatoms. The van der Waals surface area contributed by atoms with Crippen LogP contribution >= 0.6 is 0 Å². The summed E-state index contributed by atoms with van der Waals surface area (Å²) < 4.78 is 81.7. The van der Waals surface area contributed by atoms with Crippen LogP contribution in [0.15, 0.2) is 29.3 Å². The summed E-state index contributed by atoms with van der Waals surface area (Å²) in [5, 5.41) is 3.84. The molecule has 0 radical (unpaired) electrons. The molecule has 0 bridgehead atoms. The van der Waals surface area contributed by atoms with Gasteiger partial charge in [-0.2, -0.15) is 36.0 Å². The van der Waals surface area contributed by atoms with E-state index in [1.54, 1.807) is 0 Å². The summed E-state index contributed by atoms with van der Waals surface area (Å²) in [6, 6.07) is 1.88. The third-order valence-electron chi connectivity index (χ3n) is 3.37. The summed E-state index contributed by atoms with van der Waals surface area (Å²) >= 11 is 0. The first-order valence-corrected chi connectivity index (χ1v) is 7.45. The van der Waals surface area contributed by atoms with Crippen LogP contribution in [-0.2, 0) is 6.18 Å². The Bertz CT molecular complexity index is 1080. The molecule has 0 aliphatic rings. The highest BCUT2D eigenvalue weighted by molar-refractivity contribution is 5.65. The topological polar surface area (TPSA) is 82.3 Å². The van der Waals surface area contributed by atoms with Crippen LogP contribution in [0.1, 0.15) is 11.4 Å². The van der Waals surface area contributed by atoms with Crippen molar-refractivity contribution in [2.75, 3.05) is 6.61 Å². The fourth-order valence-electron chi connectivity index (χ4n) is 2.25. The van der Waals surface area contributed by atoms with Gasteiger partial charge >= 0.3 is 18.4 Å². The second kappa shape index (κ2) is 6.73. The lowest BCUT2D eigenvalue weighted by Gasteiger charge is -2.13. The van der Waals surface area contributed by atoms with E-state index in [9.17, 15) is 31.1 Å². The van der Waals surface area contributed by atoms with E-state index in [0.717, 1.165) is 12.4 Å². The van der Waals surface area contributed by atoms with Crippen molar-refractivity contribution >= 4 is 5.65 Å². The lowest BCUT2D eigenvalue weighted by Crippen LogP contribution is -2.26. The SMILES string of the molecule is Cc1ccc2nc(C(F)(F)F)c(-c3cnc(OCC(F)(F)F)nc3)c(=O)n2n1. The fraction of sp³-hybridized carbons (Fsp3) is 0.267. The van der Waals surface area contributed by atoms with Crippen LogP contribution in [0, 0.1) is 6.92 Å². The third kappa shape index (κ3) is 4.02. The van der Waals surface area contributed by atoms with Gasteiger partial charge in [0.05, 0.1) is 11.3 Å². The first-order valence-electron chi connectivity index (χ1n) is 7.45. The molecule has 0 aliphatic heterocycles. The van der Waals surface area contributed by atoms with Gasteiger partial charge in [-0.25, -0.2) is 15.0 Å². The van der Waals surface area contributed by atoms with Crippen molar-refractivity contribution in [1.82, 2.24) is 24.6 Å². The van der Waals surface area contributed by atoms with Crippen molar-refractivity contribution in [2.45, 2.75) is 19.3 Å². The number of alkyl halides is 6. The Balaban J connectivity index is 2.13. The number of rotatable bonds is 3. The lowest BCUT2D eigenvalue weighted by atomic mass is 10.1. The van der Waals surface area contributed by atoms with E-state index in [4.69, 9.17) is 0 Å². The molecule has 0 atom stereocenters. The number of hydrogen-bond donors (Lipinski definition) is 0. The zero-order chi connectivity index (χ0) is 20.7. The molecule has 0 aromatic carbocycles. The smallest absolute Gasteiger partial charge is 0.434 e. The second-order valence-corrected chi connectivity index (χ2v) is 5.54. The van der Waals surface area contributed by atoms with Gasteiger partial charge in [0, 0.05) is 18.0 Å². The standard InChI is InChI=1S/C15H9F6N5O2/c1-7-2-3-9-24-11(15(19,20)21)10(12(27)26(9)25-7)8-4-22-13(23-5-8)28-6-14(16,17)18/h2-5H,6H2,1H3. The van der Waals surface area contributed by atoms with Crippen molar-refractivity contribution in [1.29, 1.82) is 0 Å². The van der Waals surface area contributed by atoms with Crippen LogP contribution in [0.5, 0.6) is 6.01 Å². The van der Waals surface area contributed by atoms with E-state index < -0.39 is 47.4 Å². The Morgan fingerprint density at radius 2 is 1.71 bits per heavy atom. The van der Waals surface area contributed by atoms with Gasteiger partial charge in [-0.05, 0) is 19.1 Å². The van der Waals surface area contributed by atoms with E-state index in [1.165, 1.54) is 19.1 Å². The summed E-state index contributed by atoms with van der Waals surface area (Å²) in [6.45, 7) is -0.150. The maximum absolute atomic E-state index is 13.4. The first kappa shape index (κ1) is 19.5. The van der Waals surface area contributed by atoms with Crippen molar-refractivity contribution in [3.63, 3.8) is 0 Å². The van der Waals surface area contributed by atoms with Gasteiger partial charge in [-0.3, -0.25) is 4.79 Å². The zero-order valence-electron chi connectivity index (χ0n) is 13.8. The van der Waals surface area contributed by atoms with Crippen LogP contribution in [-0.4, -0.2) is 37.3 Å². The molecule has 28 heavy (non-hydrogen) atoms. The van der Waals surface area contributed by atoms with E-state index >= 15 is 0 Å². The Kier molecular flexibility index (Phi) is 4.69. The van der Waals surface area contributed by atoms with E-state index in [2.05, 4.69) is 24.8 Å². The maximum Gasteiger partial charge on any atom is 0.434 e. The molecule has 148 valence electrons. The van der Waals surface area contributed by atoms with Gasteiger partial charge in [0.15, 0.2) is 17.9 Å². The quantitative estimate of drug-likeness (QED) is 0.624. The molecule has 3 aromatic heterocycles. The average Bonchev–Trinajstić information content (AvgIpc) is 2.59. The average molecular weight is 405 g/mol. The van der Waals surface area contributed by atoms with Crippen molar-refractivity contribution in [3.8, 4) is 17.1 Å². The molecule has 0 saturated heterocycles. The molecule has 0 N–H and O–H groups in total. The molecule has 0 unspecified atom stereocenters. The van der Waals surface area contributed by atoms with Crippen LogP contribution in [0.2, 0.25) is 0 Å².